The molecule has 0 spiro atoms. The minimum absolute atomic E-state index is 0.175. The van der Waals surface area contributed by atoms with E-state index in [-0.39, 0.29) is 43.0 Å². The van der Waals surface area contributed by atoms with Crippen LogP contribution in [0.5, 0.6) is 0 Å². The molecular weight excluding hydrogens is 222 g/mol. The maximum atomic E-state index is 11.7. The zero-order valence-electron chi connectivity index (χ0n) is 9.97. The SMILES string of the molecule is CC1CC(=O)N(CC(=O)N(C)CCC#N)C1=O. The van der Waals surface area contributed by atoms with Gasteiger partial charge >= 0.3 is 0 Å². The number of hydrogen-bond acceptors (Lipinski definition) is 4. The van der Waals surface area contributed by atoms with Crippen molar-refractivity contribution in [2.75, 3.05) is 20.1 Å². The number of imide groups is 1. The molecule has 1 unspecified atom stereocenters. The zero-order chi connectivity index (χ0) is 13.0. The summed E-state index contributed by atoms with van der Waals surface area (Å²) in [7, 11) is 1.55. The van der Waals surface area contributed by atoms with Crippen LogP contribution in [0.2, 0.25) is 0 Å². The fourth-order valence-electron chi connectivity index (χ4n) is 1.61. The van der Waals surface area contributed by atoms with Crippen molar-refractivity contribution in [3.63, 3.8) is 0 Å². The number of amides is 3. The third-order valence-corrected chi connectivity index (χ3v) is 2.75. The van der Waals surface area contributed by atoms with Gasteiger partial charge in [-0.2, -0.15) is 5.26 Å². The number of hydrogen-bond donors (Lipinski definition) is 0. The Balaban J connectivity index is 2.54. The van der Waals surface area contributed by atoms with E-state index in [4.69, 9.17) is 5.26 Å². The average Bonchev–Trinajstić information content (AvgIpc) is 2.52. The second-order valence-corrected chi connectivity index (χ2v) is 4.15. The Labute approximate surface area is 99.8 Å². The van der Waals surface area contributed by atoms with E-state index in [0.717, 1.165) is 4.90 Å². The number of carbonyl (C=O) groups is 3. The second-order valence-electron chi connectivity index (χ2n) is 4.15. The number of nitriles is 1. The van der Waals surface area contributed by atoms with E-state index in [0.29, 0.717) is 6.54 Å². The molecule has 0 aromatic heterocycles. The summed E-state index contributed by atoms with van der Waals surface area (Å²) in [6.45, 7) is 1.76. The quantitative estimate of drug-likeness (QED) is 0.631. The van der Waals surface area contributed by atoms with Gasteiger partial charge in [-0.05, 0) is 0 Å². The molecule has 92 valence electrons. The molecule has 0 saturated carbocycles. The van der Waals surface area contributed by atoms with Crippen LogP contribution in [-0.4, -0.2) is 47.7 Å². The van der Waals surface area contributed by atoms with Crippen molar-refractivity contribution in [2.45, 2.75) is 19.8 Å². The van der Waals surface area contributed by atoms with Gasteiger partial charge in [0.15, 0.2) is 0 Å². The topological polar surface area (TPSA) is 81.5 Å². The highest BCUT2D eigenvalue weighted by molar-refractivity contribution is 6.05. The number of likely N-dealkylation sites (tertiary alicyclic amines) is 1. The lowest BCUT2D eigenvalue weighted by molar-refractivity contribution is -0.145. The van der Waals surface area contributed by atoms with Crippen LogP contribution in [0.4, 0.5) is 0 Å². The molecule has 1 aliphatic heterocycles. The molecular formula is C11H15N3O3. The largest absolute Gasteiger partial charge is 0.343 e. The van der Waals surface area contributed by atoms with Crippen molar-refractivity contribution in [1.82, 2.24) is 9.80 Å². The van der Waals surface area contributed by atoms with Crippen LogP contribution in [0, 0.1) is 17.2 Å². The van der Waals surface area contributed by atoms with Gasteiger partial charge in [-0.15, -0.1) is 0 Å². The fourth-order valence-corrected chi connectivity index (χ4v) is 1.61. The summed E-state index contributed by atoms with van der Waals surface area (Å²) >= 11 is 0. The lowest BCUT2D eigenvalue weighted by Crippen LogP contribution is -2.41. The minimum atomic E-state index is -0.334. The highest BCUT2D eigenvalue weighted by Gasteiger charge is 2.36. The van der Waals surface area contributed by atoms with Gasteiger partial charge < -0.3 is 4.90 Å². The molecule has 0 aliphatic carbocycles. The Hall–Kier alpha value is -1.90. The molecule has 0 N–H and O–H groups in total. The van der Waals surface area contributed by atoms with Crippen molar-refractivity contribution in [2.24, 2.45) is 5.92 Å². The Morgan fingerprint density at radius 1 is 1.59 bits per heavy atom. The third-order valence-electron chi connectivity index (χ3n) is 2.75. The lowest BCUT2D eigenvalue weighted by atomic mass is 10.1. The minimum Gasteiger partial charge on any atom is -0.343 e. The van der Waals surface area contributed by atoms with E-state index < -0.39 is 0 Å². The van der Waals surface area contributed by atoms with Crippen LogP contribution in [0.3, 0.4) is 0 Å². The Morgan fingerprint density at radius 2 is 2.24 bits per heavy atom. The van der Waals surface area contributed by atoms with Gasteiger partial charge in [0.1, 0.15) is 6.54 Å². The molecule has 1 rings (SSSR count). The standard InChI is InChI=1S/C11H15N3O3/c1-8-6-9(15)14(11(8)17)7-10(16)13(2)5-3-4-12/h8H,3,5-7H2,1-2H3. The molecule has 0 aromatic carbocycles. The van der Waals surface area contributed by atoms with Crippen molar-refractivity contribution in [3.05, 3.63) is 0 Å². The molecule has 1 aliphatic rings. The molecule has 3 amide bonds. The molecule has 1 saturated heterocycles. The molecule has 0 bridgehead atoms. The number of rotatable bonds is 4. The summed E-state index contributed by atoms with van der Waals surface area (Å²) in [5.41, 5.74) is 0. The van der Waals surface area contributed by atoms with Crippen molar-refractivity contribution in [1.29, 1.82) is 5.26 Å². The van der Waals surface area contributed by atoms with E-state index in [1.54, 1.807) is 14.0 Å². The number of nitrogens with zero attached hydrogens (tertiary/aromatic N) is 3. The first-order valence-corrected chi connectivity index (χ1v) is 5.42. The van der Waals surface area contributed by atoms with Gasteiger partial charge in [0.25, 0.3) is 0 Å². The summed E-state index contributed by atoms with van der Waals surface area (Å²) in [5.74, 6) is -1.25. The van der Waals surface area contributed by atoms with Gasteiger partial charge in [0.2, 0.25) is 17.7 Å². The number of likely N-dealkylation sites (N-methyl/N-ethyl adjacent to an activating group) is 1. The van der Waals surface area contributed by atoms with Crippen LogP contribution < -0.4 is 0 Å². The van der Waals surface area contributed by atoms with Crippen molar-refractivity contribution < 1.29 is 14.4 Å². The summed E-state index contributed by atoms with van der Waals surface area (Å²) in [4.78, 5) is 37.0. The predicted octanol–water partition coefficient (Wildman–Crippen LogP) is -0.247. The van der Waals surface area contributed by atoms with E-state index in [2.05, 4.69) is 0 Å². The molecule has 6 heteroatoms. The van der Waals surface area contributed by atoms with Crippen LogP contribution in [0.25, 0.3) is 0 Å². The average molecular weight is 237 g/mol. The summed E-state index contributed by atoms with van der Waals surface area (Å²) < 4.78 is 0. The molecule has 6 nitrogen and oxygen atoms in total. The number of carbonyl (C=O) groups excluding carboxylic acids is 3. The Morgan fingerprint density at radius 3 is 2.71 bits per heavy atom. The van der Waals surface area contributed by atoms with Crippen LogP contribution >= 0.6 is 0 Å². The molecule has 1 atom stereocenters. The van der Waals surface area contributed by atoms with Crippen LogP contribution in [-0.2, 0) is 14.4 Å². The first-order chi connectivity index (χ1) is 7.97. The molecule has 1 fully saturated rings. The Kier molecular flexibility index (Phi) is 4.21. The highest BCUT2D eigenvalue weighted by atomic mass is 16.2. The van der Waals surface area contributed by atoms with Crippen molar-refractivity contribution >= 4 is 17.7 Å². The highest BCUT2D eigenvalue weighted by Crippen LogP contribution is 2.18. The third kappa shape index (κ3) is 3.03. The monoisotopic (exact) mass is 237 g/mol. The summed E-state index contributed by atoms with van der Waals surface area (Å²) in [5, 5.41) is 8.39. The van der Waals surface area contributed by atoms with E-state index in [1.165, 1.54) is 4.90 Å². The first kappa shape index (κ1) is 13.2. The zero-order valence-corrected chi connectivity index (χ0v) is 9.97. The van der Waals surface area contributed by atoms with E-state index in [9.17, 15) is 14.4 Å². The van der Waals surface area contributed by atoms with Crippen LogP contribution in [0.1, 0.15) is 19.8 Å². The van der Waals surface area contributed by atoms with E-state index >= 15 is 0 Å². The maximum Gasteiger partial charge on any atom is 0.242 e. The lowest BCUT2D eigenvalue weighted by Gasteiger charge is -2.19. The van der Waals surface area contributed by atoms with Gasteiger partial charge in [0.05, 0.1) is 12.5 Å². The smallest absolute Gasteiger partial charge is 0.242 e. The van der Waals surface area contributed by atoms with Gasteiger partial charge in [-0.3, -0.25) is 19.3 Å². The summed E-state index contributed by atoms with van der Waals surface area (Å²) in [6.07, 6.45) is 0.411. The normalized spacial score (nSPS) is 19.4. The van der Waals surface area contributed by atoms with Crippen molar-refractivity contribution in [3.8, 4) is 6.07 Å². The van der Waals surface area contributed by atoms with E-state index in [1.807, 2.05) is 6.07 Å². The first-order valence-electron chi connectivity index (χ1n) is 5.42. The van der Waals surface area contributed by atoms with Gasteiger partial charge in [-0.1, -0.05) is 6.92 Å². The Bertz CT molecular complexity index is 386. The fraction of sp³-hybridized carbons (Fsp3) is 0.636. The molecule has 0 aromatic rings. The summed E-state index contributed by atoms with van der Waals surface area (Å²) in [6, 6.07) is 1.93. The molecule has 17 heavy (non-hydrogen) atoms. The van der Waals surface area contributed by atoms with Gasteiger partial charge in [0, 0.05) is 25.9 Å². The predicted molar refractivity (Wildman–Crippen MR) is 58.4 cm³/mol. The molecule has 1 heterocycles. The maximum absolute atomic E-state index is 11.7. The van der Waals surface area contributed by atoms with Crippen LogP contribution in [0.15, 0.2) is 0 Å². The van der Waals surface area contributed by atoms with Gasteiger partial charge in [-0.25, -0.2) is 0 Å². The second kappa shape index (κ2) is 5.43. The molecule has 0 radical (unpaired) electrons.